The zero-order valence-corrected chi connectivity index (χ0v) is 17.1. The molecule has 2 saturated carbocycles. The summed E-state index contributed by atoms with van der Waals surface area (Å²) < 4.78 is 0. The van der Waals surface area contributed by atoms with Crippen LogP contribution in [0, 0.1) is 17.8 Å². The molecule has 2 aliphatic carbocycles. The lowest BCUT2D eigenvalue weighted by Crippen LogP contribution is -2.46. The van der Waals surface area contributed by atoms with Gasteiger partial charge in [0, 0.05) is 37.7 Å². The summed E-state index contributed by atoms with van der Waals surface area (Å²) >= 11 is 6.38. The van der Waals surface area contributed by atoms with Crippen molar-refractivity contribution in [1.29, 1.82) is 0 Å². The van der Waals surface area contributed by atoms with E-state index < -0.39 is 0 Å². The molecular formula is C23H35ClN2. The maximum absolute atomic E-state index is 6.38. The minimum atomic E-state index is 0.653. The van der Waals surface area contributed by atoms with Gasteiger partial charge in [-0.25, -0.2) is 0 Å². The Bertz CT molecular complexity index is 581. The smallest absolute Gasteiger partial charge is 0.0408 e. The summed E-state index contributed by atoms with van der Waals surface area (Å²) in [6.45, 7) is 6.06. The molecule has 26 heavy (non-hydrogen) atoms. The summed E-state index contributed by atoms with van der Waals surface area (Å²) in [6.07, 6.45) is 10.3. The molecule has 1 aromatic carbocycles. The van der Waals surface area contributed by atoms with Gasteiger partial charge in [-0.1, -0.05) is 49.4 Å². The Balaban J connectivity index is 1.50. The number of benzene rings is 1. The van der Waals surface area contributed by atoms with Gasteiger partial charge < -0.3 is 9.80 Å². The molecule has 144 valence electrons. The van der Waals surface area contributed by atoms with Crippen LogP contribution in [0.2, 0.25) is 5.02 Å². The number of halogens is 1. The first-order valence-electron chi connectivity index (χ1n) is 10.9. The van der Waals surface area contributed by atoms with Crippen molar-refractivity contribution in [3.8, 4) is 0 Å². The monoisotopic (exact) mass is 374 g/mol. The highest BCUT2D eigenvalue weighted by Crippen LogP contribution is 2.47. The number of fused-ring (bicyclic) bond motifs is 1. The van der Waals surface area contributed by atoms with E-state index in [0.29, 0.717) is 5.92 Å². The number of hydrogen-bond donors (Lipinski definition) is 0. The van der Waals surface area contributed by atoms with Crippen molar-refractivity contribution >= 4 is 11.6 Å². The van der Waals surface area contributed by atoms with Crippen LogP contribution >= 0.6 is 11.6 Å². The lowest BCUT2D eigenvalue weighted by Gasteiger charge is -2.44. The minimum absolute atomic E-state index is 0.653. The normalized spacial score (nSPS) is 32.2. The molecule has 0 bridgehead atoms. The SMILES string of the molecule is CN1CCN(CC(c2cccc(Cl)c2)C2CCC3CCCCC3C2)CC1. The number of rotatable bonds is 4. The molecule has 3 fully saturated rings. The summed E-state index contributed by atoms with van der Waals surface area (Å²) in [7, 11) is 2.25. The Kier molecular flexibility index (Phi) is 6.23. The van der Waals surface area contributed by atoms with E-state index in [1.54, 1.807) is 0 Å². The van der Waals surface area contributed by atoms with Crippen LogP contribution < -0.4 is 0 Å². The van der Waals surface area contributed by atoms with Crippen LogP contribution in [0.3, 0.4) is 0 Å². The maximum atomic E-state index is 6.38. The highest BCUT2D eigenvalue weighted by molar-refractivity contribution is 6.30. The van der Waals surface area contributed by atoms with Gasteiger partial charge in [-0.2, -0.15) is 0 Å². The summed E-state index contributed by atoms with van der Waals surface area (Å²) in [5, 5.41) is 0.900. The second-order valence-corrected chi connectivity index (χ2v) is 9.58. The molecule has 4 unspecified atom stereocenters. The van der Waals surface area contributed by atoms with Crippen LogP contribution in [-0.2, 0) is 0 Å². The number of likely N-dealkylation sites (N-methyl/N-ethyl adjacent to an activating group) is 1. The van der Waals surface area contributed by atoms with Crippen LogP contribution in [0.1, 0.15) is 56.4 Å². The molecule has 0 radical (unpaired) electrons. The van der Waals surface area contributed by atoms with Crippen LogP contribution in [0.4, 0.5) is 0 Å². The predicted octanol–water partition coefficient (Wildman–Crippen LogP) is 5.28. The molecule has 0 aromatic heterocycles. The maximum Gasteiger partial charge on any atom is 0.0408 e. The topological polar surface area (TPSA) is 6.48 Å². The van der Waals surface area contributed by atoms with Crippen molar-refractivity contribution in [3.63, 3.8) is 0 Å². The number of piperazine rings is 1. The standard InChI is InChI=1S/C23H35ClN2/c1-25-11-13-26(14-12-25)17-23(20-7-4-8-22(24)16-20)21-10-9-18-5-2-3-6-19(18)15-21/h4,7-8,16,18-19,21,23H,2-3,5-6,9-15,17H2,1H3. The largest absolute Gasteiger partial charge is 0.304 e. The van der Waals surface area contributed by atoms with E-state index in [9.17, 15) is 0 Å². The molecule has 4 rings (SSSR count). The summed E-state index contributed by atoms with van der Waals surface area (Å²) in [5.74, 6) is 3.52. The summed E-state index contributed by atoms with van der Waals surface area (Å²) in [5.41, 5.74) is 1.48. The van der Waals surface area contributed by atoms with Crippen molar-refractivity contribution in [3.05, 3.63) is 34.9 Å². The van der Waals surface area contributed by atoms with Crippen molar-refractivity contribution in [2.75, 3.05) is 39.8 Å². The first kappa shape index (κ1) is 18.8. The van der Waals surface area contributed by atoms with Crippen LogP contribution in [0.15, 0.2) is 24.3 Å². The van der Waals surface area contributed by atoms with Gasteiger partial charge in [0.1, 0.15) is 0 Å². The Morgan fingerprint density at radius 1 is 1.00 bits per heavy atom. The molecule has 1 aromatic rings. The average Bonchev–Trinajstić information content (AvgIpc) is 2.67. The summed E-state index contributed by atoms with van der Waals surface area (Å²) in [6, 6.07) is 8.76. The fourth-order valence-electron chi connectivity index (χ4n) is 5.85. The third-order valence-corrected chi connectivity index (χ3v) is 7.71. The molecule has 3 aliphatic rings. The molecule has 2 nitrogen and oxygen atoms in total. The quantitative estimate of drug-likeness (QED) is 0.707. The predicted molar refractivity (Wildman–Crippen MR) is 111 cm³/mol. The molecule has 1 aliphatic heterocycles. The Hall–Kier alpha value is -0.570. The van der Waals surface area contributed by atoms with Crippen molar-refractivity contribution in [2.45, 2.75) is 50.9 Å². The van der Waals surface area contributed by atoms with Gasteiger partial charge in [0.25, 0.3) is 0 Å². The molecule has 0 amide bonds. The van der Waals surface area contributed by atoms with Crippen LogP contribution in [0.5, 0.6) is 0 Å². The highest BCUT2D eigenvalue weighted by Gasteiger charge is 2.36. The molecular weight excluding hydrogens is 340 g/mol. The number of hydrogen-bond acceptors (Lipinski definition) is 2. The van der Waals surface area contributed by atoms with E-state index in [0.717, 1.165) is 22.8 Å². The van der Waals surface area contributed by atoms with E-state index in [2.05, 4.69) is 35.0 Å². The zero-order valence-electron chi connectivity index (χ0n) is 16.4. The number of nitrogens with zero attached hydrogens (tertiary/aromatic N) is 2. The van der Waals surface area contributed by atoms with E-state index in [1.807, 2.05) is 6.07 Å². The van der Waals surface area contributed by atoms with E-state index >= 15 is 0 Å². The van der Waals surface area contributed by atoms with Gasteiger partial charge in [0.2, 0.25) is 0 Å². The molecule has 0 N–H and O–H groups in total. The van der Waals surface area contributed by atoms with Gasteiger partial charge >= 0.3 is 0 Å². The zero-order chi connectivity index (χ0) is 17.9. The van der Waals surface area contributed by atoms with Crippen LogP contribution in [0.25, 0.3) is 0 Å². The lowest BCUT2D eigenvalue weighted by atomic mass is 9.64. The van der Waals surface area contributed by atoms with Gasteiger partial charge in [-0.05, 0) is 67.7 Å². The lowest BCUT2D eigenvalue weighted by molar-refractivity contribution is 0.0913. The second-order valence-electron chi connectivity index (χ2n) is 9.14. The van der Waals surface area contributed by atoms with Crippen molar-refractivity contribution in [2.24, 2.45) is 17.8 Å². The van der Waals surface area contributed by atoms with Crippen LogP contribution in [-0.4, -0.2) is 49.6 Å². The van der Waals surface area contributed by atoms with Gasteiger partial charge in [-0.15, -0.1) is 0 Å². The molecule has 1 saturated heterocycles. The summed E-state index contributed by atoms with van der Waals surface area (Å²) in [4.78, 5) is 5.16. The highest BCUT2D eigenvalue weighted by atomic mass is 35.5. The molecule has 4 atom stereocenters. The molecule has 3 heteroatoms. The third kappa shape index (κ3) is 4.46. The first-order chi connectivity index (χ1) is 12.7. The van der Waals surface area contributed by atoms with Crippen molar-refractivity contribution < 1.29 is 0 Å². The second kappa shape index (κ2) is 8.63. The Morgan fingerprint density at radius 2 is 1.77 bits per heavy atom. The fraction of sp³-hybridized carbons (Fsp3) is 0.739. The van der Waals surface area contributed by atoms with Crippen molar-refractivity contribution in [1.82, 2.24) is 9.80 Å². The van der Waals surface area contributed by atoms with Gasteiger partial charge in [-0.3, -0.25) is 0 Å². The first-order valence-corrected chi connectivity index (χ1v) is 11.2. The van der Waals surface area contributed by atoms with E-state index in [-0.39, 0.29) is 0 Å². The van der Waals surface area contributed by atoms with E-state index in [1.165, 1.54) is 83.2 Å². The average molecular weight is 375 g/mol. The molecule has 0 spiro atoms. The fourth-order valence-corrected chi connectivity index (χ4v) is 6.05. The van der Waals surface area contributed by atoms with E-state index in [4.69, 9.17) is 11.6 Å². The Morgan fingerprint density at radius 3 is 2.54 bits per heavy atom. The third-order valence-electron chi connectivity index (χ3n) is 7.48. The van der Waals surface area contributed by atoms with Gasteiger partial charge in [0.15, 0.2) is 0 Å². The molecule has 1 heterocycles. The Labute approximate surface area is 164 Å². The van der Waals surface area contributed by atoms with Gasteiger partial charge in [0.05, 0.1) is 0 Å². The minimum Gasteiger partial charge on any atom is -0.304 e.